The predicted molar refractivity (Wildman–Crippen MR) is 66.4 cm³/mol. The second kappa shape index (κ2) is 4.39. The van der Waals surface area contributed by atoms with E-state index in [4.69, 9.17) is 0 Å². The molecule has 1 heterocycles. The number of anilines is 1. The molecule has 0 bridgehead atoms. The molecule has 16 heavy (non-hydrogen) atoms. The molecule has 1 atom stereocenters. The zero-order valence-corrected chi connectivity index (χ0v) is 9.94. The van der Waals surface area contributed by atoms with Crippen molar-refractivity contribution in [2.45, 2.75) is 19.9 Å². The minimum atomic E-state index is 0.209. The number of rotatable bonds is 3. The van der Waals surface area contributed by atoms with Crippen molar-refractivity contribution in [2.24, 2.45) is 7.05 Å². The summed E-state index contributed by atoms with van der Waals surface area (Å²) in [6, 6.07) is 8.50. The summed E-state index contributed by atoms with van der Waals surface area (Å²) in [4.78, 5) is 4.34. The molecule has 0 saturated carbocycles. The Balaban J connectivity index is 2.17. The second-order valence-electron chi connectivity index (χ2n) is 4.08. The van der Waals surface area contributed by atoms with Crippen LogP contribution in [0.4, 0.5) is 5.69 Å². The highest BCUT2D eigenvalue weighted by Gasteiger charge is 2.10. The minimum Gasteiger partial charge on any atom is -0.375 e. The fraction of sp³-hybridized carbons (Fsp3) is 0.308. The van der Waals surface area contributed by atoms with E-state index in [1.807, 2.05) is 36.1 Å². The van der Waals surface area contributed by atoms with E-state index in [1.54, 1.807) is 0 Å². The normalized spacial score (nSPS) is 12.4. The van der Waals surface area contributed by atoms with Gasteiger partial charge in [-0.15, -0.1) is 0 Å². The van der Waals surface area contributed by atoms with Gasteiger partial charge in [0.2, 0.25) is 0 Å². The first-order valence-corrected chi connectivity index (χ1v) is 5.48. The Morgan fingerprint density at radius 2 is 2.06 bits per heavy atom. The molecule has 0 amide bonds. The van der Waals surface area contributed by atoms with Crippen LogP contribution in [0.25, 0.3) is 0 Å². The highest BCUT2D eigenvalue weighted by Crippen LogP contribution is 2.20. The van der Waals surface area contributed by atoms with Crippen molar-refractivity contribution < 1.29 is 0 Å². The third kappa shape index (κ3) is 2.08. The summed E-state index contributed by atoms with van der Waals surface area (Å²) in [5, 5.41) is 3.47. The maximum Gasteiger partial charge on any atom is 0.130 e. The van der Waals surface area contributed by atoms with Crippen molar-refractivity contribution in [3.8, 4) is 0 Å². The Morgan fingerprint density at radius 1 is 1.31 bits per heavy atom. The third-order valence-electron chi connectivity index (χ3n) is 2.76. The predicted octanol–water partition coefficient (Wildman–Crippen LogP) is 2.90. The van der Waals surface area contributed by atoms with Crippen LogP contribution in [0, 0.1) is 6.92 Å². The second-order valence-corrected chi connectivity index (χ2v) is 4.08. The van der Waals surface area contributed by atoms with Crippen LogP contribution < -0.4 is 5.32 Å². The molecule has 0 aliphatic heterocycles. The van der Waals surface area contributed by atoms with Crippen LogP contribution in [-0.2, 0) is 7.05 Å². The van der Waals surface area contributed by atoms with E-state index < -0.39 is 0 Å². The van der Waals surface area contributed by atoms with Crippen molar-refractivity contribution in [2.75, 3.05) is 5.32 Å². The fourth-order valence-corrected chi connectivity index (χ4v) is 1.83. The minimum absolute atomic E-state index is 0.209. The van der Waals surface area contributed by atoms with Gasteiger partial charge >= 0.3 is 0 Å². The van der Waals surface area contributed by atoms with Gasteiger partial charge in [-0.1, -0.05) is 18.2 Å². The number of benzene rings is 1. The lowest BCUT2D eigenvalue weighted by atomic mass is 10.2. The zero-order valence-electron chi connectivity index (χ0n) is 9.94. The zero-order chi connectivity index (χ0) is 11.5. The van der Waals surface area contributed by atoms with E-state index in [-0.39, 0.29) is 6.04 Å². The van der Waals surface area contributed by atoms with Crippen LogP contribution in [0.5, 0.6) is 0 Å². The first-order valence-electron chi connectivity index (χ1n) is 5.48. The molecule has 0 aliphatic carbocycles. The summed E-state index contributed by atoms with van der Waals surface area (Å²) in [6.45, 7) is 4.22. The van der Waals surface area contributed by atoms with Crippen molar-refractivity contribution in [1.82, 2.24) is 9.55 Å². The van der Waals surface area contributed by atoms with Crippen LogP contribution in [0.3, 0.4) is 0 Å². The molecule has 1 aromatic carbocycles. The molecular weight excluding hydrogens is 198 g/mol. The van der Waals surface area contributed by atoms with Gasteiger partial charge in [-0.3, -0.25) is 0 Å². The lowest BCUT2D eigenvalue weighted by Gasteiger charge is -2.16. The van der Waals surface area contributed by atoms with Gasteiger partial charge in [0, 0.05) is 25.1 Å². The molecule has 0 saturated heterocycles. The standard InChI is InChI=1S/C13H17N3/c1-10-6-4-5-7-12(10)15-11(2)13-14-8-9-16(13)3/h4-9,11,15H,1-3H3. The van der Waals surface area contributed by atoms with Gasteiger partial charge in [-0.2, -0.15) is 0 Å². The Bertz CT molecular complexity index is 474. The first kappa shape index (κ1) is 10.7. The number of aryl methyl sites for hydroxylation is 2. The van der Waals surface area contributed by atoms with Gasteiger partial charge in [0.05, 0.1) is 6.04 Å². The van der Waals surface area contributed by atoms with Crippen LogP contribution >= 0.6 is 0 Å². The van der Waals surface area contributed by atoms with Crippen molar-refractivity contribution in [3.63, 3.8) is 0 Å². The highest BCUT2D eigenvalue weighted by molar-refractivity contribution is 5.51. The Labute approximate surface area is 96.1 Å². The van der Waals surface area contributed by atoms with Gasteiger partial charge in [-0.25, -0.2) is 4.98 Å². The molecule has 84 valence electrons. The van der Waals surface area contributed by atoms with Gasteiger partial charge < -0.3 is 9.88 Å². The molecule has 0 spiro atoms. The molecule has 3 heteroatoms. The quantitative estimate of drug-likeness (QED) is 0.853. The Kier molecular flexibility index (Phi) is 2.95. The fourth-order valence-electron chi connectivity index (χ4n) is 1.83. The molecule has 1 aromatic heterocycles. The molecule has 1 unspecified atom stereocenters. The summed E-state index contributed by atoms with van der Waals surface area (Å²) in [7, 11) is 2.01. The average molecular weight is 215 g/mol. The maximum absolute atomic E-state index is 4.34. The lowest BCUT2D eigenvalue weighted by molar-refractivity contribution is 0.721. The molecule has 1 N–H and O–H groups in total. The van der Waals surface area contributed by atoms with E-state index in [2.05, 4.69) is 36.3 Å². The van der Waals surface area contributed by atoms with Gasteiger partial charge in [-0.05, 0) is 25.5 Å². The topological polar surface area (TPSA) is 29.9 Å². The molecule has 3 nitrogen and oxygen atoms in total. The summed E-state index contributed by atoms with van der Waals surface area (Å²) in [6.07, 6.45) is 3.79. The number of aromatic nitrogens is 2. The van der Waals surface area contributed by atoms with E-state index in [0.29, 0.717) is 0 Å². The maximum atomic E-state index is 4.34. The van der Waals surface area contributed by atoms with Gasteiger partial charge in [0.1, 0.15) is 5.82 Å². The summed E-state index contributed by atoms with van der Waals surface area (Å²) in [5.41, 5.74) is 2.42. The Morgan fingerprint density at radius 3 is 2.69 bits per heavy atom. The molecule has 0 fully saturated rings. The van der Waals surface area contributed by atoms with E-state index in [9.17, 15) is 0 Å². The molecule has 2 rings (SSSR count). The molecule has 0 radical (unpaired) electrons. The number of nitrogens with zero attached hydrogens (tertiary/aromatic N) is 2. The number of hydrogen-bond acceptors (Lipinski definition) is 2. The van der Waals surface area contributed by atoms with Gasteiger partial charge in [0.25, 0.3) is 0 Å². The first-order chi connectivity index (χ1) is 7.68. The van der Waals surface area contributed by atoms with Crippen molar-refractivity contribution in [1.29, 1.82) is 0 Å². The summed E-state index contributed by atoms with van der Waals surface area (Å²) in [5.74, 6) is 1.04. The Hall–Kier alpha value is -1.77. The lowest BCUT2D eigenvalue weighted by Crippen LogP contribution is -2.12. The molecular formula is C13H17N3. The van der Waals surface area contributed by atoms with Crippen molar-refractivity contribution >= 4 is 5.69 Å². The largest absolute Gasteiger partial charge is 0.375 e. The van der Waals surface area contributed by atoms with E-state index in [1.165, 1.54) is 5.56 Å². The smallest absolute Gasteiger partial charge is 0.130 e. The van der Waals surface area contributed by atoms with E-state index in [0.717, 1.165) is 11.5 Å². The van der Waals surface area contributed by atoms with Crippen LogP contribution in [0.2, 0.25) is 0 Å². The van der Waals surface area contributed by atoms with Crippen LogP contribution in [0.15, 0.2) is 36.7 Å². The highest BCUT2D eigenvalue weighted by atomic mass is 15.1. The molecule has 2 aromatic rings. The summed E-state index contributed by atoms with van der Waals surface area (Å²) < 4.78 is 2.04. The van der Waals surface area contributed by atoms with Crippen LogP contribution in [0.1, 0.15) is 24.4 Å². The van der Waals surface area contributed by atoms with Gasteiger partial charge in [0.15, 0.2) is 0 Å². The van der Waals surface area contributed by atoms with Crippen molar-refractivity contribution in [3.05, 3.63) is 48.0 Å². The monoisotopic (exact) mass is 215 g/mol. The number of hydrogen-bond donors (Lipinski definition) is 1. The average Bonchev–Trinajstić information content (AvgIpc) is 2.68. The van der Waals surface area contributed by atoms with E-state index >= 15 is 0 Å². The number of nitrogens with one attached hydrogen (secondary N) is 1. The van der Waals surface area contributed by atoms with Crippen LogP contribution in [-0.4, -0.2) is 9.55 Å². The summed E-state index contributed by atoms with van der Waals surface area (Å²) >= 11 is 0. The molecule has 0 aliphatic rings. The SMILES string of the molecule is Cc1ccccc1NC(C)c1nccn1C. The number of para-hydroxylation sites is 1. The third-order valence-corrected chi connectivity index (χ3v) is 2.76. The number of imidazole rings is 1.